The lowest BCUT2D eigenvalue weighted by Crippen LogP contribution is -2.53. The minimum Gasteiger partial charge on any atom is -0.357 e. The van der Waals surface area contributed by atoms with Crippen molar-refractivity contribution in [3.05, 3.63) is 130 Å². The number of aryl methyl sites for hydroxylation is 3. The van der Waals surface area contributed by atoms with Crippen molar-refractivity contribution in [3.8, 4) is 0 Å². The maximum Gasteiger partial charge on any atom is 0.264 e. The number of sulfonamides is 1. The first-order valence-corrected chi connectivity index (χ1v) is 15.8. The molecule has 9 heteroatoms. The molecule has 0 fully saturated rings. The van der Waals surface area contributed by atoms with Gasteiger partial charge in [-0.3, -0.25) is 13.9 Å². The van der Waals surface area contributed by atoms with E-state index >= 15 is 0 Å². The van der Waals surface area contributed by atoms with Gasteiger partial charge in [0, 0.05) is 25.0 Å². The zero-order valence-corrected chi connectivity index (χ0v) is 26.3. The fraction of sp³-hybridized carbons (Fsp3) is 0.235. The molecule has 0 heterocycles. The summed E-state index contributed by atoms with van der Waals surface area (Å²) >= 11 is 6.51. The summed E-state index contributed by atoms with van der Waals surface area (Å²) in [6.45, 7) is 5.19. The first kappa shape index (κ1) is 31.8. The van der Waals surface area contributed by atoms with Crippen LogP contribution < -0.4 is 9.62 Å². The monoisotopic (exact) mass is 617 g/mol. The molecule has 0 aliphatic rings. The van der Waals surface area contributed by atoms with E-state index in [9.17, 15) is 18.0 Å². The molecule has 7 nitrogen and oxygen atoms in total. The lowest BCUT2D eigenvalue weighted by Gasteiger charge is -2.34. The molecule has 0 aromatic heterocycles. The van der Waals surface area contributed by atoms with Crippen molar-refractivity contribution < 1.29 is 18.0 Å². The normalized spacial score (nSPS) is 11.9. The summed E-state index contributed by atoms with van der Waals surface area (Å²) < 4.78 is 29.4. The van der Waals surface area contributed by atoms with Crippen LogP contribution >= 0.6 is 11.6 Å². The fourth-order valence-electron chi connectivity index (χ4n) is 4.78. The SMILES string of the molecule is CNC(=O)[C@H](Cc1ccccc1)N(Cc1ccccc1Cl)C(=O)CN(c1ccc(C)c(C)c1)S(=O)(=O)c1ccc(C)cc1. The molecule has 4 aromatic rings. The van der Waals surface area contributed by atoms with E-state index in [0.717, 1.165) is 26.6 Å². The maximum absolute atomic E-state index is 14.4. The molecule has 4 aromatic carbocycles. The van der Waals surface area contributed by atoms with Gasteiger partial charge in [-0.25, -0.2) is 8.42 Å². The number of hydrogen-bond donors (Lipinski definition) is 1. The minimum absolute atomic E-state index is 0.00870. The highest BCUT2D eigenvalue weighted by Crippen LogP contribution is 2.28. The van der Waals surface area contributed by atoms with Crippen LogP contribution in [0.25, 0.3) is 0 Å². The number of anilines is 1. The van der Waals surface area contributed by atoms with Gasteiger partial charge in [-0.1, -0.05) is 83.9 Å². The van der Waals surface area contributed by atoms with Crippen molar-refractivity contribution in [1.29, 1.82) is 0 Å². The first-order chi connectivity index (χ1) is 20.5. The topological polar surface area (TPSA) is 86.8 Å². The van der Waals surface area contributed by atoms with Gasteiger partial charge in [0.2, 0.25) is 11.8 Å². The second-order valence-electron chi connectivity index (χ2n) is 10.5. The van der Waals surface area contributed by atoms with Gasteiger partial charge < -0.3 is 10.2 Å². The smallest absolute Gasteiger partial charge is 0.264 e. The highest BCUT2D eigenvalue weighted by Gasteiger charge is 2.34. The molecule has 2 amide bonds. The molecule has 1 N–H and O–H groups in total. The maximum atomic E-state index is 14.4. The van der Waals surface area contributed by atoms with Crippen LogP contribution in [0.2, 0.25) is 5.02 Å². The molecule has 0 radical (unpaired) electrons. The molecule has 224 valence electrons. The molecule has 0 unspecified atom stereocenters. The Morgan fingerprint density at radius 1 is 0.837 bits per heavy atom. The number of amides is 2. The molecule has 4 rings (SSSR count). The third kappa shape index (κ3) is 7.63. The van der Waals surface area contributed by atoms with Gasteiger partial charge in [0.05, 0.1) is 10.6 Å². The number of nitrogens with zero attached hydrogens (tertiary/aromatic N) is 2. The van der Waals surface area contributed by atoms with Crippen LogP contribution in [0.5, 0.6) is 0 Å². The van der Waals surface area contributed by atoms with Gasteiger partial charge in [-0.2, -0.15) is 0 Å². The van der Waals surface area contributed by atoms with Crippen LogP contribution in [-0.2, 0) is 32.6 Å². The van der Waals surface area contributed by atoms with Crippen LogP contribution in [0, 0.1) is 20.8 Å². The summed E-state index contributed by atoms with van der Waals surface area (Å²) in [7, 11) is -2.65. The van der Waals surface area contributed by atoms with Crippen LogP contribution in [0.15, 0.2) is 102 Å². The predicted molar refractivity (Wildman–Crippen MR) is 172 cm³/mol. The van der Waals surface area contributed by atoms with Crippen molar-refractivity contribution in [2.75, 3.05) is 17.9 Å². The second kappa shape index (κ2) is 13.9. The molecule has 0 spiro atoms. The van der Waals surface area contributed by atoms with Gasteiger partial charge in [0.25, 0.3) is 10.0 Å². The number of carbonyl (C=O) groups is 2. The van der Waals surface area contributed by atoms with Crippen molar-refractivity contribution in [3.63, 3.8) is 0 Å². The number of rotatable bonds is 11. The zero-order chi connectivity index (χ0) is 31.1. The Balaban J connectivity index is 1.81. The summed E-state index contributed by atoms with van der Waals surface area (Å²) in [5.41, 5.74) is 4.63. The second-order valence-corrected chi connectivity index (χ2v) is 12.8. The van der Waals surface area contributed by atoms with E-state index in [2.05, 4.69) is 5.32 Å². The summed E-state index contributed by atoms with van der Waals surface area (Å²) in [4.78, 5) is 29.2. The van der Waals surface area contributed by atoms with E-state index in [-0.39, 0.29) is 23.8 Å². The van der Waals surface area contributed by atoms with Gasteiger partial charge in [-0.05, 0) is 73.4 Å². The lowest BCUT2D eigenvalue weighted by atomic mass is 10.0. The Labute approximate surface area is 259 Å². The molecular formula is C34H36ClN3O4S. The summed E-state index contributed by atoms with van der Waals surface area (Å²) in [6.07, 6.45) is 0.227. The van der Waals surface area contributed by atoms with E-state index < -0.39 is 28.5 Å². The standard InChI is InChI=1S/C34H36ClN3O4S/c1-24-14-18-30(19-15-24)43(41,42)38(29-17-16-25(2)26(3)20-29)23-33(39)37(22-28-12-8-9-13-31(28)35)32(34(40)36-4)21-27-10-6-5-7-11-27/h5-20,32H,21-23H2,1-4H3,(H,36,40)/t32-/m0/s1. The average molecular weight is 618 g/mol. The lowest BCUT2D eigenvalue weighted by molar-refractivity contribution is -0.139. The van der Waals surface area contributed by atoms with Gasteiger partial charge in [0.1, 0.15) is 12.6 Å². The molecule has 0 aliphatic carbocycles. The molecule has 1 atom stereocenters. The van der Waals surface area contributed by atoms with E-state index in [1.54, 1.807) is 48.5 Å². The summed E-state index contributed by atoms with van der Waals surface area (Å²) in [5.74, 6) is -0.915. The Bertz CT molecular complexity index is 1690. The summed E-state index contributed by atoms with van der Waals surface area (Å²) in [6, 6.07) is 27.3. The number of benzene rings is 4. The van der Waals surface area contributed by atoms with Crippen LogP contribution in [0.3, 0.4) is 0 Å². The number of carbonyl (C=O) groups excluding carboxylic acids is 2. The average Bonchev–Trinajstić information content (AvgIpc) is 3.00. The van der Waals surface area contributed by atoms with Crippen LogP contribution in [0.4, 0.5) is 5.69 Å². The van der Waals surface area contributed by atoms with Crippen molar-refractivity contribution >= 4 is 39.1 Å². The number of hydrogen-bond acceptors (Lipinski definition) is 4. The number of likely N-dealkylation sites (N-methyl/N-ethyl adjacent to an activating group) is 1. The first-order valence-electron chi connectivity index (χ1n) is 14.0. The van der Waals surface area contributed by atoms with Crippen LogP contribution in [0.1, 0.15) is 27.8 Å². The van der Waals surface area contributed by atoms with Crippen molar-refractivity contribution in [2.24, 2.45) is 0 Å². The quantitative estimate of drug-likeness (QED) is 0.229. The zero-order valence-electron chi connectivity index (χ0n) is 24.7. The largest absolute Gasteiger partial charge is 0.357 e. The number of nitrogens with one attached hydrogen (secondary N) is 1. The van der Waals surface area contributed by atoms with Crippen molar-refractivity contribution in [2.45, 2.75) is 44.7 Å². The molecule has 0 saturated carbocycles. The van der Waals surface area contributed by atoms with Crippen LogP contribution in [-0.4, -0.2) is 44.8 Å². The van der Waals surface area contributed by atoms with E-state index in [1.165, 1.54) is 24.1 Å². The minimum atomic E-state index is -4.16. The fourth-order valence-corrected chi connectivity index (χ4v) is 6.38. The highest BCUT2D eigenvalue weighted by molar-refractivity contribution is 7.92. The molecule has 0 aliphatic heterocycles. The van der Waals surface area contributed by atoms with Gasteiger partial charge in [-0.15, -0.1) is 0 Å². The van der Waals surface area contributed by atoms with E-state index in [1.807, 2.05) is 57.2 Å². The van der Waals surface area contributed by atoms with Gasteiger partial charge >= 0.3 is 0 Å². The van der Waals surface area contributed by atoms with Crippen molar-refractivity contribution in [1.82, 2.24) is 10.2 Å². The third-order valence-electron chi connectivity index (χ3n) is 7.48. The summed E-state index contributed by atoms with van der Waals surface area (Å²) in [5, 5.41) is 3.12. The Hall–Kier alpha value is -4.14. The molecule has 0 saturated heterocycles. The Kier molecular flexibility index (Phi) is 10.3. The van der Waals surface area contributed by atoms with E-state index in [0.29, 0.717) is 16.3 Å². The Morgan fingerprint density at radius 2 is 1.49 bits per heavy atom. The predicted octanol–water partition coefficient (Wildman–Crippen LogP) is 5.85. The Morgan fingerprint density at radius 3 is 2.12 bits per heavy atom. The molecular weight excluding hydrogens is 582 g/mol. The highest BCUT2D eigenvalue weighted by atomic mass is 35.5. The van der Waals surface area contributed by atoms with Gasteiger partial charge in [0.15, 0.2) is 0 Å². The number of halogens is 1. The third-order valence-corrected chi connectivity index (χ3v) is 9.64. The molecule has 43 heavy (non-hydrogen) atoms. The molecule has 0 bridgehead atoms. The van der Waals surface area contributed by atoms with E-state index in [4.69, 9.17) is 11.6 Å².